The minimum Gasteiger partial charge on any atom is -0.497 e. The highest BCUT2D eigenvalue weighted by Crippen LogP contribution is 2.43. The molecule has 0 radical (unpaired) electrons. The van der Waals surface area contributed by atoms with Gasteiger partial charge in [0, 0.05) is 49.1 Å². The van der Waals surface area contributed by atoms with Crippen molar-refractivity contribution in [3.8, 4) is 5.75 Å². The van der Waals surface area contributed by atoms with Crippen LogP contribution < -0.4 is 4.74 Å². The molecule has 5 rings (SSSR count). The van der Waals surface area contributed by atoms with Gasteiger partial charge in [-0.2, -0.15) is 0 Å². The average molecular weight is 602 g/mol. The number of methoxy groups -OCH3 is 1. The van der Waals surface area contributed by atoms with Gasteiger partial charge >= 0.3 is 5.97 Å². The molecule has 7 nitrogen and oxygen atoms in total. The zero-order valence-corrected chi connectivity index (χ0v) is 25.4. The molecular weight excluding hydrogens is 561 g/mol. The molecule has 0 spiro atoms. The van der Waals surface area contributed by atoms with E-state index in [4.69, 9.17) is 9.47 Å². The van der Waals surface area contributed by atoms with Gasteiger partial charge in [-0.3, -0.25) is 14.7 Å². The molecule has 2 aliphatic heterocycles. The van der Waals surface area contributed by atoms with E-state index in [1.54, 1.807) is 18.4 Å². The number of ether oxygens (including phenoxy) is 2. The Kier molecular flexibility index (Phi) is 10.5. The number of thiophene rings is 1. The Labute approximate surface area is 250 Å². The predicted octanol–water partition coefficient (Wildman–Crippen LogP) is 6.28. The second-order valence-electron chi connectivity index (χ2n) is 11.2. The van der Waals surface area contributed by atoms with Gasteiger partial charge in [-0.1, -0.05) is 6.07 Å². The lowest BCUT2D eigenvalue weighted by Gasteiger charge is -2.41. The third-order valence-corrected chi connectivity index (χ3v) is 10.6. The second-order valence-corrected chi connectivity index (χ2v) is 13.5. The number of aliphatic carboxylic acids is 1. The molecule has 0 saturated carbocycles. The lowest BCUT2D eigenvalue weighted by atomic mass is 9.71. The molecular formula is C31H40FN3O4S2. The number of benzene rings is 1. The topological polar surface area (TPSA) is 75.1 Å². The summed E-state index contributed by atoms with van der Waals surface area (Å²) in [5.74, 6) is 0.890. The molecule has 1 aromatic carbocycles. The summed E-state index contributed by atoms with van der Waals surface area (Å²) in [7, 11) is 1.61. The molecule has 0 unspecified atom stereocenters. The molecule has 2 fully saturated rings. The van der Waals surface area contributed by atoms with Crippen molar-refractivity contribution in [2.75, 3.05) is 58.8 Å². The number of likely N-dealkylation sites (tertiary alicyclic amines) is 1. The van der Waals surface area contributed by atoms with Crippen LogP contribution in [0.4, 0.5) is 4.39 Å². The molecule has 2 aliphatic rings. The minimum atomic E-state index is -1.23. The first-order valence-corrected chi connectivity index (χ1v) is 16.3. The Hall–Kier alpha value is -2.24. The zero-order valence-electron chi connectivity index (χ0n) is 23.7. The fourth-order valence-corrected chi connectivity index (χ4v) is 8.00. The number of nitrogens with zero attached hydrogens (tertiary/aromatic N) is 3. The van der Waals surface area contributed by atoms with Crippen molar-refractivity contribution in [1.29, 1.82) is 0 Å². The number of thioether (sulfide) groups is 1. The van der Waals surface area contributed by atoms with Crippen LogP contribution in [0.2, 0.25) is 0 Å². The number of carbonyl (C=O) groups is 1. The van der Waals surface area contributed by atoms with Crippen LogP contribution in [0.3, 0.4) is 0 Å². The number of hydrogen-bond acceptors (Lipinski definition) is 8. The second kappa shape index (κ2) is 14.3. The molecule has 0 aliphatic carbocycles. The Balaban J connectivity index is 1.29. The first-order valence-electron chi connectivity index (χ1n) is 14.4. The number of hydrogen-bond donors (Lipinski definition) is 1. The fourth-order valence-electron chi connectivity index (χ4n) is 6.14. The summed E-state index contributed by atoms with van der Waals surface area (Å²) >= 11 is 3.63. The third-order valence-electron chi connectivity index (χ3n) is 8.53. The molecule has 41 heavy (non-hydrogen) atoms. The third kappa shape index (κ3) is 7.99. The van der Waals surface area contributed by atoms with E-state index in [-0.39, 0.29) is 12.8 Å². The molecule has 3 aromatic rings. The fraction of sp³-hybridized carbons (Fsp3) is 0.548. The maximum Gasteiger partial charge on any atom is 0.303 e. The van der Waals surface area contributed by atoms with Gasteiger partial charge < -0.3 is 19.5 Å². The van der Waals surface area contributed by atoms with Crippen molar-refractivity contribution < 1.29 is 23.8 Å². The van der Waals surface area contributed by atoms with Crippen LogP contribution >= 0.6 is 23.1 Å². The number of carboxylic acids is 1. The lowest BCUT2D eigenvalue weighted by Crippen LogP contribution is -2.42. The van der Waals surface area contributed by atoms with Gasteiger partial charge in [0.1, 0.15) is 11.9 Å². The molecule has 2 aromatic heterocycles. The summed E-state index contributed by atoms with van der Waals surface area (Å²) in [6.45, 7) is 6.24. The van der Waals surface area contributed by atoms with Crippen LogP contribution in [0.5, 0.6) is 5.75 Å². The summed E-state index contributed by atoms with van der Waals surface area (Å²) in [4.78, 5) is 21.3. The number of pyridine rings is 1. The van der Waals surface area contributed by atoms with E-state index in [2.05, 4.69) is 32.3 Å². The first kappa shape index (κ1) is 30.2. The molecule has 2 saturated heterocycles. The molecule has 222 valence electrons. The van der Waals surface area contributed by atoms with E-state index in [9.17, 15) is 9.90 Å². The van der Waals surface area contributed by atoms with Gasteiger partial charge in [-0.25, -0.2) is 4.39 Å². The van der Waals surface area contributed by atoms with Crippen LogP contribution in [-0.2, 0) is 16.1 Å². The van der Waals surface area contributed by atoms with E-state index in [0.29, 0.717) is 37.5 Å². The molecule has 0 amide bonds. The van der Waals surface area contributed by atoms with E-state index in [1.165, 1.54) is 4.21 Å². The molecule has 10 heteroatoms. The number of alkyl halides is 1. The highest BCUT2D eigenvalue weighted by atomic mass is 32.2. The van der Waals surface area contributed by atoms with Crippen LogP contribution in [0.15, 0.2) is 46.1 Å². The summed E-state index contributed by atoms with van der Waals surface area (Å²) in [5, 5.41) is 12.7. The molecule has 0 bridgehead atoms. The number of halogens is 1. The summed E-state index contributed by atoms with van der Waals surface area (Å²) < 4.78 is 28.8. The lowest BCUT2D eigenvalue weighted by molar-refractivity contribution is -0.141. The van der Waals surface area contributed by atoms with E-state index in [0.717, 1.165) is 67.8 Å². The van der Waals surface area contributed by atoms with Gasteiger partial charge in [-0.15, -0.1) is 23.1 Å². The highest BCUT2D eigenvalue weighted by Gasteiger charge is 2.37. The van der Waals surface area contributed by atoms with Gasteiger partial charge in [0.2, 0.25) is 0 Å². The van der Waals surface area contributed by atoms with Gasteiger partial charge in [-0.05, 0) is 79.4 Å². The van der Waals surface area contributed by atoms with Crippen LogP contribution in [0, 0.1) is 5.41 Å². The maximum absolute atomic E-state index is 16.5. The van der Waals surface area contributed by atoms with E-state index >= 15 is 4.39 Å². The molecule has 1 atom stereocenters. The Bertz CT molecular complexity index is 1280. The quantitative estimate of drug-likeness (QED) is 0.230. The van der Waals surface area contributed by atoms with Crippen molar-refractivity contribution in [2.45, 2.75) is 49.0 Å². The number of carboxylic acid groups (broad SMARTS) is 1. The van der Waals surface area contributed by atoms with Gasteiger partial charge in [0.15, 0.2) is 0 Å². The van der Waals surface area contributed by atoms with Crippen molar-refractivity contribution in [1.82, 2.24) is 14.8 Å². The van der Waals surface area contributed by atoms with Crippen molar-refractivity contribution in [3.63, 3.8) is 0 Å². The average Bonchev–Trinajstić information content (AvgIpc) is 3.50. The Morgan fingerprint density at radius 3 is 2.73 bits per heavy atom. The van der Waals surface area contributed by atoms with E-state index in [1.807, 2.05) is 36.2 Å². The molecule has 4 heterocycles. The Morgan fingerprint density at radius 2 is 2.02 bits per heavy atom. The first-order chi connectivity index (χ1) is 19.9. The smallest absolute Gasteiger partial charge is 0.303 e. The normalized spacial score (nSPS) is 18.9. The number of aromatic nitrogens is 1. The number of morpholine rings is 1. The summed E-state index contributed by atoms with van der Waals surface area (Å²) in [6, 6.07) is 9.82. The maximum atomic E-state index is 16.5. The number of rotatable bonds is 13. The summed E-state index contributed by atoms with van der Waals surface area (Å²) in [5.41, 5.74) is 1.89. The minimum absolute atomic E-state index is 0.0864. The number of fused-ring (bicyclic) bond motifs is 1. The van der Waals surface area contributed by atoms with Crippen molar-refractivity contribution >= 4 is 40.0 Å². The predicted molar refractivity (Wildman–Crippen MR) is 163 cm³/mol. The zero-order chi connectivity index (χ0) is 28.7. The van der Waals surface area contributed by atoms with Crippen LogP contribution in [-0.4, -0.2) is 84.7 Å². The summed E-state index contributed by atoms with van der Waals surface area (Å²) in [6.07, 6.45) is 3.06. The SMILES string of the molecule is COc1ccc2ncc(CN3CCOCC3)c([C@@H](F)CCC3(CC(=O)O)CCN(CCSc4cccs4)CC3)c2c1. The Morgan fingerprint density at radius 1 is 1.22 bits per heavy atom. The van der Waals surface area contributed by atoms with Gasteiger partial charge in [0.05, 0.1) is 36.5 Å². The largest absolute Gasteiger partial charge is 0.497 e. The van der Waals surface area contributed by atoms with Crippen molar-refractivity contribution in [2.24, 2.45) is 5.41 Å². The van der Waals surface area contributed by atoms with Crippen LogP contribution in [0.25, 0.3) is 10.9 Å². The van der Waals surface area contributed by atoms with Gasteiger partial charge in [0.25, 0.3) is 0 Å². The standard InChI is InChI=1S/C31H40FN3O4S2/c1-38-24-4-5-27-25(19-24)30(23(21-33-27)22-35-12-15-39-16-13-35)26(32)6-7-31(20-28(36)37)8-10-34(11-9-31)14-18-41-29-3-2-17-40-29/h2-5,17,19,21,26H,6-16,18,20,22H2,1H3,(H,36,37)/t26-/m0/s1. The van der Waals surface area contributed by atoms with E-state index < -0.39 is 17.6 Å². The highest BCUT2D eigenvalue weighted by molar-refractivity contribution is 8.01. The monoisotopic (exact) mass is 601 g/mol. The van der Waals surface area contributed by atoms with Crippen LogP contribution in [0.1, 0.15) is 49.4 Å². The number of piperidine rings is 1. The van der Waals surface area contributed by atoms with Crippen molar-refractivity contribution in [3.05, 3.63) is 53.0 Å². The molecule has 1 N–H and O–H groups in total.